The number of rotatable bonds is 6. The molecule has 0 radical (unpaired) electrons. The molecule has 1 aromatic heterocycles. The lowest BCUT2D eigenvalue weighted by atomic mass is 10.1. The van der Waals surface area contributed by atoms with E-state index in [1.807, 2.05) is 7.05 Å². The van der Waals surface area contributed by atoms with Gasteiger partial charge in [0.1, 0.15) is 0 Å². The predicted molar refractivity (Wildman–Crippen MR) is 92.8 cm³/mol. The van der Waals surface area contributed by atoms with Crippen molar-refractivity contribution in [2.75, 3.05) is 39.9 Å². The molecular formula is C16H28N4OS. The number of thiazole rings is 1. The maximum atomic E-state index is 5.54. The van der Waals surface area contributed by atoms with Crippen LogP contribution in [0.25, 0.3) is 0 Å². The summed E-state index contributed by atoms with van der Waals surface area (Å²) in [7, 11) is 1.86. The number of aromatic nitrogens is 1. The van der Waals surface area contributed by atoms with Crippen molar-refractivity contribution in [3.63, 3.8) is 0 Å². The van der Waals surface area contributed by atoms with Gasteiger partial charge in [-0.25, -0.2) is 4.98 Å². The van der Waals surface area contributed by atoms with Crippen molar-refractivity contribution in [2.45, 2.75) is 33.6 Å². The quantitative estimate of drug-likeness (QED) is 0.644. The highest BCUT2D eigenvalue weighted by Crippen LogP contribution is 2.18. The molecule has 124 valence electrons. The summed E-state index contributed by atoms with van der Waals surface area (Å²) in [5, 5.41) is 4.64. The van der Waals surface area contributed by atoms with Gasteiger partial charge >= 0.3 is 0 Å². The first-order valence-corrected chi connectivity index (χ1v) is 8.92. The molecule has 5 nitrogen and oxygen atoms in total. The van der Waals surface area contributed by atoms with E-state index in [9.17, 15) is 0 Å². The third-order valence-corrected chi connectivity index (χ3v) is 5.12. The minimum atomic E-state index is 0.630. The highest BCUT2D eigenvalue weighted by Gasteiger charge is 2.24. The predicted octanol–water partition coefficient (Wildman–Crippen LogP) is 2.24. The zero-order chi connectivity index (χ0) is 15.9. The fraction of sp³-hybridized carbons (Fsp3) is 0.750. The van der Waals surface area contributed by atoms with Gasteiger partial charge in [0.25, 0.3) is 0 Å². The van der Waals surface area contributed by atoms with Gasteiger partial charge < -0.3 is 15.0 Å². The summed E-state index contributed by atoms with van der Waals surface area (Å²) in [6.45, 7) is 10.9. The minimum absolute atomic E-state index is 0.630. The van der Waals surface area contributed by atoms with E-state index in [4.69, 9.17) is 4.74 Å². The second-order valence-electron chi connectivity index (χ2n) is 5.73. The Kier molecular flexibility index (Phi) is 6.64. The standard InChI is InChI=1S/C16H28N4OS/c1-5-21-11-14-7-9-20(10-14)16(17-4)18-8-6-15-12(2)19-13(3)22-15/h14H,5-11H2,1-4H3,(H,17,18). The van der Waals surface area contributed by atoms with E-state index < -0.39 is 0 Å². The molecule has 0 aliphatic carbocycles. The molecule has 0 amide bonds. The smallest absolute Gasteiger partial charge is 0.193 e. The van der Waals surface area contributed by atoms with Crippen LogP contribution in [0.4, 0.5) is 0 Å². The van der Waals surface area contributed by atoms with Crippen LogP contribution in [0, 0.1) is 19.8 Å². The summed E-state index contributed by atoms with van der Waals surface area (Å²) in [6, 6.07) is 0. The van der Waals surface area contributed by atoms with Crippen LogP contribution in [0.5, 0.6) is 0 Å². The minimum Gasteiger partial charge on any atom is -0.381 e. The summed E-state index contributed by atoms with van der Waals surface area (Å²) in [5.41, 5.74) is 1.16. The van der Waals surface area contributed by atoms with Crippen LogP contribution >= 0.6 is 11.3 Å². The highest BCUT2D eigenvalue weighted by atomic mass is 32.1. The van der Waals surface area contributed by atoms with Crippen LogP contribution in [0.15, 0.2) is 4.99 Å². The molecule has 2 rings (SSSR count). The molecule has 1 aliphatic rings. The van der Waals surface area contributed by atoms with Crippen molar-refractivity contribution in [3.8, 4) is 0 Å². The molecule has 0 saturated carbocycles. The van der Waals surface area contributed by atoms with Gasteiger partial charge in [0.05, 0.1) is 17.3 Å². The monoisotopic (exact) mass is 324 g/mol. The van der Waals surface area contributed by atoms with Crippen molar-refractivity contribution >= 4 is 17.3 Å². The van der Waals surface area contributed by atoms with Crippen LogP contribution in [-0.4, -0.2) is 55.7 Å². The highest BCUT2D eigenvalue weighted by molar-refractivity contribution is 7.11. The first-order valence-electron chi connectivity index (χ1n) is 8.10. The molecule has 22 heavy (non-hydrogen) atoms. The van der Waals surface area contributed by atoms with Crippen molar-refractivity contribution in [3.05, 3.63) is 15.6 Å². The molecule has 0 spiro atoms. The van der Waals surface area contributed by atoms with Gasteiger partial charge in [-0.1, -0.05) is 0 Å². The fourth-order valence-corrected chi connectivity index (χ4v) is 3.81. The molecule has 1 unspecified atom stereocenters. The Morgan fingerprint density at radius 3 is 2.95 bits per heavy atom. The van der Waals surface area contributed by atoms with Crippen LogP contribution in [0.2, 0.25) is 0 Å². The summed E-state index contributed by atoms with van der Waals surface area (Å²) in [5.74, 6) is 1.64. The van der Waals surface area contributed by atoms with Crippen LogP contribution < -0.4 is 5.32 Å². The van der Waals surface area contributed by atoms with Crippen LogP contribution in [-0.2, 0) is 11.2 Å². The van der Waals surface area contributed by atoms with Crippen LogP contribution in [0.3, 0.4) is 0 Å². The van der Waals surface area contributed by atoms with Crippen LogP contribution in [0.1, 0.15) is 28.9 Å². The molecule has 2 heterocycles. The Balaban J connectivity index is 1.77. The molecule has 1 atom stereocenters. The SMILES string of the molecule is CCOCC1CCN(C(=NC)NCCc2sc(C)nc2C)C1. The van der Waals surface area contributed by atoms with Gasteiger partial charge in [-0.15, -0.1) is 11.3 Å². The number of likely N-dealkylation sites (tertiary alicyclic amines) is 1. The zero-order valence-electron chi connectivity index (χ0n) is 14.2. The topological polar surface area (TPSA) is 49.8 Å². The van der Waals surface area contributed by atoms with Gasteiger partial charge in [0, 0.05) is 50.5 Å². The zero-order valence-corrected chi connectivity index (χ0v) is 15.0. The second kappa shape index (κ2) is 8.48. The Morgan fingerprint density at radius 2 is 2.32 bits per heavy atom. The van der Waals surface area contributed by atoms with Crippen molar-refractivity contribution in [2.24, 2.45) is 10.9 Å². The summed E-state index contributed by atoms with van der Waals surface area (Å²) < 4.78 is 5.54. The maximum Gasteiger partial charge on any atom is 0.193 e. The van der Waals surface area contributed by atoms with E-state index in [-0.39, 0.29) is 0 Å². The molecule has 0 aromatic carbocycles. The van der Waals surface area contributed by atoms with Gasteiger partial charge in [-0.2, -0.15) is 0 Å². The van der Waals surface area contributed by atoms with E-state index in [2.05, 4.69) is 41.0 Å². The van der Waals surface area contributed by atoms with E-state index >= 15 is 0 Å². The first-order chi connectivity index (χ1) is 10.6. The molecular weight excluding hydrogens is 296 g/mol. The molecule has 0 bridgehead atoms. The normalized spacial score (nSPS) is 19.0. The summed E-state index contributed by atoms with van der Waals surface area (Å²) in [6.07, 6.45) is 2.19. The lowest BCUT2D eigenvalue weighted by Crippen LogP contribution is -2.41. The Morgan fingerprint density at radius 1 is 1.50 bits per heavy atom. The first kappa shape index (κ1) is 17.2. The van der Waals surface area contributed by atoms with E-state index in [0.29, 0.717) is 5.92 Å². The lowest BCUT2D eigenvalue weighted by Gasteiger charge is -2.21. The largest absolute Gasteiger partial charge is 0.381 e. The van der Waals surface area contributed by atoms with Gasteiger partial charge in [0.2, 0.25) is 0 Å². The number of aliphatic imine (C=N–C) groups is 1. The van der Waals surface area contributed by atoms with Crippen molar-refractivity contribution < 1.29 is 4.74 Å². The number of nitrogens with one attached hydrogen (secondary N) is 1. The van der Waals surface area contributed by atoms with E-state index in [0.717, 1.165) is 55.9 Å². The Labute approximate surface area is 137 Å². The molecule has 1 aliphatic heterocycles. The number of ether oxygens (including phenoxy) is 1. The number of aryl methyl sites for hydroxylation is 2. The maximum absolute atomic E-state index is 5.54. The van der Waals surface area contributed by atoms with Crippen molar-refractivity contribution in [1.82, 2.24) is 15.2 Å². The molecule has 1 saturated heterocycles. The Hall–Kier alpha value is -1.14. The summed E-state index contributed by atoms with van der Waals surface area (Å²) in [4.78, 5) is 12.6. The second-order valence-corrected chi connectivity index (χ2v) is 7.01. The third-order valence-electron chi connectivity index (χ3n) is 3.99. The molecule has 1 N–H and O–H groups in total. The third kappa shape index (κ3) is 4.68. The number of nitrogens with zero attached hydrogens (tertiary/aromatic N) is 3. The summed E-state index contributed by atoms with van der Waals surface area (Å²) >= 11 is 1.79. The van der Waals surface area contributed by atoms with Gasteiger partial charge in [-0.3, -0.25) is 4.99 Å². The number of hydrogen-bond donors (Lipinski definition) is 1. The Bertz CT molecular complexity index is 500. The van der Waals surface area contributed by atoms with Gasteiger partial charge in [0.15, 0.2) is 5.96 Å². The fourth-order valence-electron chi connectivity index (χ4n) is 2.87. The average molecular weight is 324 g/mol. The number of guanidine groups is 1. The lowest BCUT2D eigenvalue weighted by molar-refractivity contribution is 0.114. The number of hydrogen-bond acceptors (Lipinski definition) is 4. The average Bonchev–Trinajstić information content (AvgIpc) is 3.08. The molecule has 1 aromatic rings. The van der Waals surface area contributed by atoms with Crippen molar-refractivity contribution in [1.29, 1.82) is 0 Å². The van der Waals surface area contributed by atoms with E-state index in [1.165, 1.54) is 11.3 Å². The molecule has 1 fully saturated rings. The van der Waals surface area contributed by atoms with E-state index in [1.54, 1.807) is 11.3 Å². The van der Waals surface area contributed by atoms with Gasteiger partial charge in [-0.05, 0) is 27.2 Å². The molecule has 6 heteroatoms.